The molecule has 0 aromatic carbocycles. The van der Waals surface area contributed by atoms with E-state index >= 15 is 0 Å². The van der Waals surface area contributed by atoms with Crippen molar-refractivity contribution in [2.75, 3.05) is 0 Å². The smallest absolute Gasteiger partial charge is 0.328 e. The number of nitrogens with one attached hydrogen (secondary N) is 1. The predicted molar refractivity (Wildman–Crippen MR) is 55.3 cm³/mol. The van der Waals surface area contributed by atoms with Crippen LogP contribution in [0.4, 0.5) is 0 Å². The van der Waals surface area contributed by atoms with Gasteiger partial charge in [-0.25, -0.2) is 4.79 Å². The highest BCUT2D eigenvalue weighted by molar-refractivity contribution is 5.94. The van der Waals surface area contributed by atoms with Gasteiger partial charge in [0.05, 0.1) is 11.1 Å². The van der Waals surface area contributed by atoms with Crippen molar-refractivity contribution in [3.8, 4) is 0 Å². The number of rotatable bonds is 4. The molecule has 1 amide bonds. The highest BCUT2D eigenvalue weighted by Crippen LogP contribution is 2.20. The van der Waals surface area contributed by atoms with Crippen molar-refractivity contribution < 1.29 is 19.8 Å². The molecule has 0 aliphatic carbocycles. The number of hydrogen-bond acceptors (Lipinski definition) is 3. The Balaban J connectivity index is 4.49. The largest absolute Gasteiger partial charge is 0.478 e. The van der Waals surface area contributed by atoms with Crippen LogP contribution in [-0.4, -0.2) is 33.2 Å². The molecule has 0 heterocycles. The van der Waals surface area contributed by atoms with Gasteiger partial charge in [0, 0.05) is 12.2 Å². The van der Waals surface area contributed by atoms with E-state index in [0.717, 1.165) is 12.2 Å². The maximum atomic E-state index is 11.2. The van der Waals surface area contributed by atoms with Gasteiger partial charge >= 0.3 is 5.97 Å². The SMILES string of the molecule is CC(C)(O)C(C)(C)NC(=O)/C=C/C(=O)O. The van der Waals surface area contributed by atoms with Gasteiger partial charge < -0.3 is 15.5 Å². The van der Waals surface area contributed by atoms with Gasteiger partial charge in [-0.1, -0.05) is 0 Å². The first kappa shape index (κ1) is 13.6. The lowest BCUT2D eigenvalue weighted by molar-refractivity contribution is -0.132. The van der Waals surface area contributed by atoms with E-state index in [4.69, 9.17) is 5.11 Å². The van der Waals surface area contributed by atoms with E-state index in [9.17, 15) is 14.7 Å². The van der Waals surface area contributed by atoms with Crippen LogP contribution in [0, 0.1) is 0 Å². The summed E-state index contributed by atoms with van der Waals surface area (Å²) in [5.74, 6) is -1.74. The summed E-state index contributed by atoms with van der Waals surface area (Å²) in [6, 6.07) is 0. The minimum Gasteiger partial charge on any atom is -0.478 e. The first-order valence-electron chi connectivity index (χ1n) is 4.52. The van der Waals surface area contributed by atoms with Gasteiger partial charge in [-0.05, 0) is 27.7 Å². The number of carbonyl (C=O) groups is 2. The van der Waals surface area contributed by atoms with Gasteiger partial charge in [0.2, 0.25) is 5.91 Å². The summed E-state index contributed by atoms with van der Waals surface area (Å²) in [4.78, 5) is 21.4. The molecule has 0 aromatic rings. The van der Waals surface area contributed by atoms with Crippen molar-refractivity contribution in [1.29, 1.82) is 0 Å². The zero-order chi connectivity index (χ0) is 12.3. The van der Waals surface area contributed by atoms with E-state index in [1.54, 1.807) is 27.7 Å². The van der Waals surface area contributed by atoms with Crippen molar-refractivity contribution >= 4 is 11.9 Å². The quantitative estimate of drug-likeness (QED) is 0.588. The minimum absolute atomic E-state index is 0.551. The number of aliphatic carboxylic acids is 1. The van der Waals surface area contributed by atoms with E-state index in [2.05, 4.69) is 5.32 Å². The molecule has 5 heteroatoms. The van der Waals surface area contributed by atoms with Crippen LogP contribution in [0.1, 0.15) is 27.7 Å². The third-order valence-electron chi connectivity index (χ3n) is 2.34. The fourth-order valence-corrected chi connectivity index (χ4v) is 0.650. The van der Waals surface area contributed by atoms with Crippen molar-refractivity contribution in [1.82, 2.24) is 5.32 Å². The summed E-state index contributed by atoms with van der Waals surface area (Å²) in [6.07, 6.45) is 1.66. The van der Waals surface area contributed by atoms with Gasteiger partial charge in [-0.3, -0.25) is 4.79 Å². The van der Waals surface area contributed by atoms with E-state index in [1.165, 1.54) is 0 Å². The van der Waals surface area contributed by atoms with Crippen molar-refractivity contribution in [2.45, 2.75) is 38.8 Å². The standard InChI is InChI=1S/C10H17NO4/c1-9(2,10(3,4)15)11-7(12)5-6-8(13)14/h5-6,15H,1-4H3,(H,11,12)(H,13,14)/b6-5+. The summed E-state index contributed by atoms with van der Waals surface area (Å²) in [7, 11) is 0. The number of carboxylic acids is 1. The molecular formula is C10H17NO4. The fraction of sp³-hybridized carbons (Fsp3) is 0.600. The monoisotopic (exact) mass is 215 g/mol. The molecule has 0 saturated heterocycles. The summed E-state index contributed by atoms with van der Waals surface area (Å²) in [6.45, 7) is 6.43. The summed E-state index contributed by atoms with van der Waals surface area (Å²) >= 11 is 0. The predicted octanol–water partition coefficient (Wildman–Crippen LogP) is 0.293. The maximum absolute atomic E-state index is 11.2. The second-order valence-electron chi connectivity index (χ2n) is 4.34. The summed E-state index contributed by atoms with van der Waals surface area (Å²) in [5.41, 5.74) is -1.94. The zero-order valence-corrected chi connectivity index (χ0v) is 9.37. The minimum atomic E-state index is -1.19. The fourth-order valence-electron chi connectivity index (χ4n) is 0.650. The van der Waals surface area contributed by atoms with Gasteiger partial charge in [-0.2, -0.15) is 0 Å². The molecule has 0 spiro atoms. The third-order valence-corrected chi connectivity index (χ3v) is 2.34. The van der Waals surface area contributed by atoms with Gasteiger partial charge in [-0.15, -0.1) is 0 Å². The maximum Gasteiger partial charge on any atom is 0.328 e. The Hall–Kier alpha value is -1.36. The first-order valence-corrected chi connectivity index (χ1v) is 4.52. The number of aliphatic hydroxyl groups is 1. The third kappa shape index (κ3) is 4.60. The Morgan fingerprint density at radius 3 is 1.93 bits per heavy atom. The normalized spacial score (nSPS) is 12.9. The van der Waals surface area contributed by atoms with E-state index in [1.807, 2.05) is 0 Å². The van der Waals surface area contributed by atoms with E-state index in [-0.39, 0.29) is 0 Å². The molecule has 5 nitrogen and oxygen atoms in total. The second kappa shape index (κ2) is 4.44. The second-order valence-corrected chi connectivity index (χ2v) is 4.34. The van der Waals surface area contributed by atoms with Crippen LogP contribution < -0.4 is 5.32 Å². The summed E-state index contributed by atoms with van der Waals surface area (Å²) < 4.78 is 0. The van der Waals surface area contributed by atoms with Crippen LogP contribution in [0.2, 0.25) is 0 Å². The topological polar surface area (TPSA) is 86.6 Å². The molecule has 0 fully saturated rings. The molecule has 3 N–H and O–H groups in total. The molecular weight excluding hydrogens is 198 g/mol. The van der Waals surface area contributed by atoms with Crippen molar-refractivity contribution in [3.63, 3.8) is 0 Å². The highest BCUT2D eigenvalue weighted by Gasteiger charge is 2.35. The molecule has 0 bridgehead atoms. The Morgan fingerprint density at radius 2 is 1.60 bits per heavy atom. The number of carboxylic acid groups (broad SMARTS) is 1. The van der Waals surface area contributed by atoms with Crippen molar-refractivity contribution in [3.05, 3.63) is 12.2 Å². The van der Waals surface area contributed by atoms with Gasteiger partial charge in [0.15, 0.2) is 0 Å². The number of hydrogen-bond donors (Lipinski definition) is 3. The van der Waals surface area contributed by atoms with Crippen molar-refractivity contribution in [2.24, 2.45) is 0 Å². The Labute approximate surface area is 88.8 Å². The van der Waals surface area contributed by atoms with Gasteiger partial charge in [0.25, 0.3) is 0 Å². The number of amides is 1. The molecule has 0 saturated carbocycles. The molecule has 0 rings (SSSR count). The van der Waals surface area contributed by atoms with E-state index in [0.29, 0.717) is 0 Å². The average Bonchev–Trinajstić information content (AvgIpc) is 1.97. The van der Waals surface area contributed by atoms with Crippen LogP contribution in [0.25, 0.3) is 0 Å². The first-order chi connectivity index (χ1) is 6.56. The van der Waals surface area contributed by atoms with Crippen LogP contribution in [-0.2, 0) is 9.59 Å². The lowest BCUT2D eigenvalue weighted by atomic mass is 9.86. The Kier molecular flexibility index (Phi) is 4.04. The molecule has 0 atom stereocenters. The molecule has 15 heavy (non-hydrogen) atoms. The van der Waals surface area contributed by atoms with Crippen LogP contribution >= 0.6 is 0 Å². The molecule has 0 aromatic heterocycles. The molecule has 0 aliphatic heterocycles. The van der Waals surface area contributed by atoms with Crippen LogP contribution in [0.5, 0.6) is 0 Å². The zero-order valence-electron chi connectivity index (χ0n) is 9.37. The lowest BCUT2D eigenvalue weighted by Gasteiger charge is -2.37. The average molecular weight is 215 g/mol. The van der Waals surface area contributed by atoms with E-state index < -0.39 is 23.0 Å². The Bertz CT molecular complexity index is 286. The van der Waals surface area contributed by atoms with Crippen LogP contribution in [0.3, 0.4) is 0 Å². The summed E-state index contributed by atoms with van der Waals surface area (Å²) in [5, 5.41) is 20.5. The molecule has 0 aliphatic rings. The Morgan fingerprint density at radius 1 is 1.13 bits per heavy atom. The molecule has 0 radical (unpaired) electrons. The highest BCUT2D eigenvalue weighted by atomic mass is 16.4. The molecule has 0 unspecified atom stereocenters. The lowest BCUT2D eigenvalue weighted by Crippen LogP contribution is -2.57. The van der Waals surface area contributed by atoms with Crippen LogP contribution in [0.15, 0.2) is 12.2 Å². The van der Waals surface area contributed by atoms with Gasteiger partial charge in [0.1, 0.15) is 0 Å². The number of carbonyl (C=O) groups excluding carboxylic acids is 1. The molecule has 86 valence electrons.